The van der Waals surface area contributed by atoms with E-state index in [9.17, 15) is 14.0 Å². The van der Waals surface area contributed by atoms with Crippen LogP contribution in [0.4, 0.5) is 4.39 Å². The Kier molecular flexibility index (Phi) is 5.95. The van der Waals surface area contributed by atoms with Gasteiger partial charge in [-0.05, 0) is 17.7 Å². The predicted octanol–water partition coefficient (Wildman–Crippen LogP) is 0.593. The maximum atomic E-state index is 13.0. The molecule has 2 amide bonds. The van der Waals surface area contributed by atoms with Crippen LogP contribution in [0.1, 0.15) is 12.5 Å². The SMILES string of the molecule is COCC(NC(C)=O)C(=O)NCc1cccc(F)c1. The maximum absolute atomic E-state index is 13.0. The van der Waals surface area contributed by atoms with Crippen molar-refractivity contribution in [2.24, 2.45) is 0 Å². The highest BCUT2D eigenvalue weighted by Gasteiger charge is 2.18. The fraction of sp³-hybridized carbons (Fsp3) is 0.385. The minimum absolute atomic E-state index is 0.0779. The number of carbonyl (C=O) groups is 2. The van der Waals surface area contributed by atoms with Crippen LogP contribution in [0.3, 0.4) is 0 Å². The monoisotopic (exact) mass is 268 g/mol. The summed E-state index contributed by atoms with van der Waals surface area (Å²) >= 11 is 0. The van der Waals surface area contributed by atoms with Crippen LogP contribution in [0.2, 0.25) is 0 Å². The summed E-state index contributed by atoms with van der Waals surface area (Å²) in [6.07, 6.45) is 0. The van der Waals surface area contributed by atoms with Gasteiger partial charge in [-0.15, -0.1) is 0 Å². The van der Waals surface area contributed by atoms with Crippen LogP contribution in [-0.2, 0) is 20.9 Å². The first-order valence-electron chi connectivity index (χ1n) is 5.81. The molecule has 0 fully saturated rings. The van der Waals surface area contributed by atoms with Crippen LogP contribution in [-0.4, -0.2) is 31.6 Å². The van der Waals surface area contributed by atoms with Gasteiger partial charge in [-0.25, -0.2) is 4.39 Å². The van der Waals surface area contributed by atoms with E-state index in [-0.39, 0.29) is 30.8 Å². The normalized spacial score (nSPS) is 11.7. The molecule has 0 aliphatic rings. The molecule has 1 aromatic carbocycles. The number of nitrogens with one attached hydrogen (secondary N) is 2. The number of ether oxygens (including phenoxy) is 1. The topological polar surface area (TPSA) is 67.4 Å². The van der Waals surface area contributed by atoms with Gasteiger partial charge in [0.2, 0.25) is 11.8 Å². The van der Waals surface area contributed by atoms with Crippen LogP contribution in [0.25, 0.3) is 0 Å². The van der Waals surface area contributed by atoms with Crippen molar-refractivity contribution in [3.05, 3.63) is 35.6 Å². The summed E-state index contributed by atoms with van der Waals surface area (Å²) in [5.74, 6) is -1.05. The first-order chi connectivity index (χ1) is 9.02. The van der Waals surface area contributed by atoms with E-state index in [0.717, 1.165) is 0 Å². The molecule has 1 aromatic rings. The number of halogens is 1. The van der Waals surface area contributed by atoms with Crippen molar-refractivity contribution < 1.29 is 18.7 Å². The Morgan fingerprint density at radius 3 is 2.74 bits per heavy atom. The van der Waals surface area contributed by atoms with Crippen LogP contribution in [0.5, 0.6) is 0 Å². The fourth-order valence-corrected chi connectivity index (χ4v) is 1.55. The first kappa shape index (κ1) is 15.1. The van der Waals surface area contributed by atoms with Gasteiger partial charge in [0.25, 0.3) is 0 Å². The highest BCUT2D eigenvalue weighted by Crippen LogP contribution is 2.02. The largest absolute Gasteiger partial charge is 0.382 e. The summed E-state index contributed by atoms with van der Waals surface area (Å²) < 4.78 is 17.8. The van der Waals surface area contributed by atoms with Crippen LogP contribution >= 0.6 is 0 Å². The Balaban J connectivity index is 2.54. The number of hydrogen-bond donors (Lipinski definition) is 2. The zero-order chi connectivity index (χ0) is 14.3. The van der Waals surface area contributed by atoms with Crippen molar-refractivity contribution in [3.63, 3.8) is 0 Å². The molecule has 6 heteroatoms. The molecule has 104 valence electrons. The molecule has 1 atom stereocenters. The second-order valence-corrected chi connectivity index (χ2v) is 4.06. The van der Waals surface area contributed by atoms with Crippen molar-refractivity contribution in [1.82, 2.24) is 10.6 Å². The molecule has 5 nitrogen and oxygen atoms in total. The van der Waals surface area contributed by atoms with Crippen molar-refractivity contribution in [2.75, 3.05) is 13.7 Å². The van der Waals surface area contributed by atoms with E-state index >= 15 is 0 Å². The lowest BCUT2D eigenvalue weighted by Crippen LogP contribution is -2.48. The predicted molar refractivity (Wildman–Crippen MR) is 67.7 cm³/mol. The lowest BCUT2D eigenvalue weighted by Gasteiger charge is -2.16. The zero-order valence-corrected chi connectivity index (χ0v) is 10.9. The molecule has 19 heavy (non-hydrogen) atoms. The molecule has 1 unspecified atom stereocenters. The smallest absolute Gasteiger partial charge is 0.245 e. The van der Waals surface area contributed by atoms with Gasteiger partial charge in [0.15, 0.2) is 0 Å². The van der Waals surface area contributed by atoms with E-state index in [1.165, 1.54) is 26.2 Å². The maximum Gasteiger partial charge on any atom is 0.245 e. The number of carbonyl (C=O) groups excluding carboxylic acids is 2. The van der Waals surface area contributed by atoms with Gasteiger partial charge in [0, 0.05) is 20.6 Å². The number of benzene rings is 1. The van der Waals surface area contributed by atoms with Gasteiger partial charge in [-0.3, -0.25) is 9.59 Å². The Labute approximate surface area is 111 Å². The van der Waals surface area contributed by atoms with E-state index in [1.54, 1.807) is 12.1 Å². The Morgan fingerprint density at radius 1 is 1.42 bits per heavy atom. The fourth-order valence-electron chi connectivity index (χ4n) is 1.55. The standard InChI is InChI=1S/C13H17FN2O3/c1-9(17)16-12(8-19-2)13(18)15-7-10-4-3-5-11(14)6-10/h3-6,12H,7-8H2,1-2H3,(H,15,18)(H,16,17). The van der Waals surface area contributed by atoms with Crippen LogP contribution in [0.15, 0.2) is 24.3 Å². The van der Waals surface area contributed by atoms with Crippen LogP contribution in [0, 0.1) is 5.82 Å². The van der Waals surface area contributed by atoms with E-state index in [1.807, 2.05) is 0 Å². The third-order valence-corrected chi connectivity index (χ3v) is 2.38. The summed E-state index contributed by atoms with van der Waals surface area (Å²) in [6.45, 7) is 1.59. The van der Waals surface area contributed by atoms with Crippen LogP contribution < -0.4 is 10.6 Å². The zero-order valence-electron chi connectivity index (χ0n) is 10.9. The molecular weight excluding hydrogens is 251 g/mol. The molecule has 0 heterocycles. The van der Waals surface area contributed by atoms with Crippen molar-refractivity contribution >= 4 is 11.8 Å². The minimum Gasteiger partial charge on any atom is -0.382 e. The van der Waals surface area contributed by atoms with Crippen molar-refractivity contribution in [3.8, 4) is 0 Å². The molecule has 0 saturated carbocycles. The quantitative estimate of drug-likeness (QED) is 0.793. The molecule has 1 rings (SSSR count). The molecular formula is C13H17FN2O3. The summed E-state index contributed by atoms with van der Waals surface area (Å²) in [6, 6.07) is 5.18. The summed E-state index contributed by atoms with van der Waals surface area (Å²) in [4.78, 5) is 22.8. The second kappa shape index (κ2) is 7.48. The van der Waals surface area contributed by atoms with E-state index < -0.39 is 6.04 Å². The Hall–Kier alpha value is -1.95. The van der Waals surface area contributed by atoms with Gasteiger partial charge in [0.1, 0.15) is 11.9 Å². The van der Waals surface area contributed by atoms with Gasteiger partial charge in [0.05, 0.1) is 6.61 Å². The minimum atomic E-state index is -0.754. The number of methoxy groups -OCH3 is 1. The lowest BCUT2D eigenvalue weighted by atomic mass is 10.2. The van der Waals surface area contributed by atoms with Gasteiger partial charge >= 0.3 is 0 Å². The Bertz CT molecular complexity index is 451. The molecule has 0 spiro atoms. The summed E-state index contributed by atoms with van der Waals surface area (Å²) in [5, 5.41) is 5.09. The van der Waals surface area contributed by atoms with Crippen molar-refractivity contribution in [2.45, 2.75) is 19.5 Å². The average molecular weight is 268 g/mol. The third kappa shape index (κ3) is 5.48. The second-order valence-electron chi connectivity index (χ2n) is 4.06. The van der Waals surface area contributed by atoms with E-state index in [0.29, 0.717) is 5.56 Å². The first-order valence-corrected chi connectivity index (χ1v) is 5.81. The molecule has 0 aliphatic carbocycles. The molecule has 0 bridgehead atoms. The Morgan fingerprint density at radius 2 is 2.16 bits per heavy atom. The molecule has 0 aliphatic heterocycles. The van der Waals surface area contributed by atoms with Gasteiger partial charge in [-0.1, -0.05) is 12.1 Å². The number of rotatable bonds is 6. The number of amides is 2. The molecule has 0 radical (unpaired) electrons. The highest BCUT2D eigenvalue weighted by atomic mass is 19.1. The highest BCUT2D eigenvalue weighted by molar-refractivity contribution is 5.86. The molecule has 0 aromatic heterocycles. The average Bonchev–Trinajstić information content (AvgIpc) is 2.35. The molecule has 0 saturated heterocycles. The van der Waals surface area contributed by atoms with E-state index in [4.69, 9.17) is 4.74 Å². The number of hydrogen-bond acceptors (Lipinski definition) is 3. The lowest BCUT2D eigenvalue weighted by molar-refractivity contribution is -0.129. The van der Waals surface area contributed by atoms with Gasteiger partial charge in [-0.2, -0.15) is 0 Å². The summed E-state index contributed by atoms with van der Waals surface area (Å²) in [5.41, 5.74) is 0.646. The summed E-state index contributed by atoms with van der Waals surface area (Å²) in [7, 11) is 1.44. The van der Waals surface area contributed by atoms with E-state index in [2.05, 4.69) is 10.6 Å². The third-order valence-electron chi connectivity index (χ3n) is 2.38. The molecule has 2 N–H and O–H groups in total. The van der Waals surface area contributed by atoms with Crippen molar-refractivity contribution in [1.29, 1.82) is 0 Å². The van der Waals surface area contributed by atoms with Gasteiger partial charge < -0.3 is 15.4 Å².